The number of ether oxygens (including phenoxy) is 3. The minimum Gasteiger partial charge on any atom is -0.496 e. The van der Waals surface area contributed by atoms with Gasteiger partial charge in [0.15, 0.2) is 0 Å². The van der Waals surface area contributed by atoms with Crippen molar-refractivity contribution in [2.75, 3.05) is 33.2 Å². The topological polar surface area (TPSA) is 65.7 Å². The first-order valence-corrected chi connectivity index (χ1v) is 5.74. The molecular weight excluding hydrogens is 232 g/mol. The summed E-state index contributed by atoms with van der Waals surface area (Å²) in [5.41, 5.74) is 6.41. The number of nitrogens with two attached hydrogens (primary N) is 1. The Bertz CT molecular complexity index is 375. The molecule has 1 rings (SSSR count). The predicted molar refractivity (Wildman–Crippen MR) is 72.9 cm³/mol. The number of methoxy groups -OCH3 is 3. The van der Waals surface area contributed by atoms with Gasteiger partial charge < -0.3 is 25.3 Å². The van der Waals surface area contributed by atoms with Crippen molar-refractivity contribution >= 4 is 5.69 Å². The molecule has 1 aromatic carbocycles. The smallest absolute Gasteiger partial charge is 0.149 e. The number of rotatable bonds is 6. The third-order valence-electron chi connectivity index (χ3n) is 2.44. The van der Waals surface area contributed by atoms with Gasteiger partial charge in [0.1, 0.15) is 22.9 Å². The van der Waals surface area contributed by atoms with Gasteiger partial charge in [0.05, 0.1) is 21.3 Å². The van der Waals surface area contributed by atoms with E-state index in [2.05, 4.69) is 5.32 Å². The maximum atomic E-state index is 5.95. The zero-order chi connectivity index (χ0) is 13.8. The number of benzene rings is 1. The maximum Gasteiger partial charge on any atom is 0.149 e. The van der Waals surface area contributed by atoms with Crippen LogP contribution in [-0.4, -0.2) is 33.4 Å². The molecule has 18 heavy (non-hydrogen) atoms. The summed E-state index contributed by atoms with van der Waals surface area (Å²) in [6.07, 6.45) is 0. The Morgan fingerprint density at radius 1 is 1.06 bits per heavy atom. The molecule has 0 radical (unpaired) electrons. The van der Waals surface area contributed by atoms with E-state index >= 15 is 0 Å². The number of hydrogen-bond donors (Lipinski definition) is 2. The number of hydrogen-bond acceptors (Lipinski definition) is 5. The summed E-state index contributed by atoms with van der Waals surface area (Å²) in [5.74, 6) is 2.01. The molecule has 0 heterocycles. The van der Waals surface area contributed by atoms with E-state index in [0.29, 0.717) is 23.8 Å². The Balaban J connectivity index is 3.07. The highest BCUT2D eigenvalue weighted by Gasteiger charge is 2.16. The molecule has 0 amide bonds. The van der Waals surface area contributed by atoms with Gasteiger partial charge in [-0.2, -0.15) is 0 Å². The summed E-state index contributed by atoms with van der Waals surface area (Å²) in [6.45, 7) is 4.50. The molecule has 0 fully saturated rings. The molecule has 102 valence electrons. The first-order valence-electron chi connectivity index (χ1n) is 5.74. The average Bonchev–Trinajstić information content (AvgIpc) is 2.34. The van der Waals surface area contributed by atoms with Gasteiger partial charge in [0.2, 0.25) is 0 Å². The first kappa shape index (κ1) is 14.4. The summed E-state index contributed by atoms with van der Waals surface area (Å²) in [6, 6.07) is 3.60. The number of nitrogens with one attached hydrogen (secondary N) is 1. The van der Waals surface area contributed by atoms with Gasteiger partial charge in [-0.25, -0.2) is 0 Å². The van der Waals surface area contributed by atoms with Gasteiger partial charge >= 0.3 is 0 Å². The van der Waals surface area contributed by atoms with E-state index in [0.717, 1.165) is 5.69 Å². The zero-order valence-corrected chi connectivity index (χ0v) is 11.7. The van der Waals surface area contributed by atoms with Crippen LogP contribution in [0.1, 0.15) is 13.8 Å². The molecule has 5 heteroatoms. The van der Waals surface area contributed by atoms with E-state index in [9.17, 15) is 0 Å². The van der Waals surface area contributed by atoms with Crippen LogP contribution in [0, 0.1) is 0 Å². The van der Waals surface area contributed by atoms with Crippen LogP contribution in [0.5, 0.6) is 17.2 Å². The molecule has 5 nitrogen and oxygen atoms in total. The van der Waals surface area contributed by atoms with Crippen LogP contribution in [0.2, 0.25) is 0 Å². The molecule has 0 aliphatic heterocycles. The Hall–Kier alpha value is -1.62. The normalized spacial score (nSPS) is 11.0. The van der Waals surface area contributed by atoms with Crippen molar-refractivity contribution in [2.45, 2.75) is 19.4 Å². The second-order valence-electron chi connectivity index (χ2n) is 4.75. The third kappa shape index (κ3) is 3.70. The molecule has 0 spiro atoms. The van der Waals surface area contributed by atoms with Crippen LogP contribution in [0.15, 0.2) is 12.1 Å². The second kappa shape index (κ2) is 5.82. The molecule has 0 aliphatic rings. The summed E-state index contributed by atoms with van der Waals surface area (Å²) in [7, 11) is 4.81. The van der Waals surface area contributed by atoms with Crippen LogP contribution in [-0.2, 0) is 0 Å². The van der Waals surface area contributed by atoms with Crippen molar-refractivity contribution in [1.82, 2.24) is 0 Å². The van der Waals surface area contributed by atoms with E-state index in [1.165, 1.54) is 0 Å². The van der Waals surface area contributed by atoms with Crippen molar-refractivity contribution in [2.24, 2.45) is 5.73 Å². The van der Waals surface area contributed by atoms with Crippen LogP contribution in [0.25, 0.3) is 0 Å². The van der Waals surface area contributed by atoms with Gasteiger partial charge in [-0.1, -0.05) is 0 Å². The lowest BCUT2D eigenvalue weighted by molar-refractivity contribution is 0.377. The summed E-state index contributed by atoms with van der Waals surface area (Å²) >= 11 is 0. The van der Waals surface area contributed by atoms with Crippen molar-refractivity contribution in [3.63, 3.8) is 0 Å². The molecular formula is C13H22N2O3. The highest BCUT2D eigenvalue weighted by atomic mass is 16.5. The fourth-order valence-electron chi connectivity index (χ4n) is 1.50. The lowest BCUT2D eigenvalue weighted by atomic mass is 10.1. The quantitative estimate of drug-likeness (QED) is 0.811. The lowest BCUT2D eigenvalue weighted by Gasteiger charge is -2.22. The van der Waals surface area contributed by atoms with Crippen LogP contribution in [0.3, 0.4) is 0 Å². The Morgan fingerprint density at radius 3 is 1.89 bits per heavy atom. The molecule has 0 bridgehead atoms. The highest BCUT2D eigenvalue weighted by molar-refractivity contribution is 5.69. The Labute approximate surface area is 108 Å². The third-order valence-corrected chi connectivity index (χ3v) is 2.44. The van der Waals surface area contributed by atoms with E-state index in [1.54, 1.807) is 33.5 Å². The summed E-state index contributed by atoms with van der Waals surface area (Å²) in [4.78, 5) is 0. The molecule has 0 saturated heterocycles. The van der Waals surface area contributed by atoms with Crippen molar-refractivity contribution in [1.29, 1.82) is 0 Å². The minimum absolute atomic E-state index is 0.323. The molecule has 0 atom stereocenters. The molecule has 0 aliphatic carbocycles. The number of anilines is 1. The fraction of sp³-hybridized carbons (Fsp3) is 0.538. The molecule has 0 unspecified atom stereocenters. The standard InChI is InChI=1S/C13H22N2O3/c1-13(2,14)8-15-12-10(17-4)6-9(16-3)7-11(12)18-5/h6-7,15H,8,14H2,1-5H3. The van der Waals surface area contributed by atoms with Crippen LogP contribution in [0.4, 0.5) is 5.69 Å². The van der Waals surface area contributed by atoms with Crippen molar-refractivity contribution < 1.29 is 14.2 Å². The van der Waals surface area contributed by atoms with Gasteiger partial charge in [-0.05, 0) is 13.8 Å². The highest BCUT2D eigenvalue weighted by Crippen LogP contribution is 2.38. The summed E-state index contributed by atoms with van der Waals surface area (Å²) in [5, 5.41) is 3.24. The Kier molecular flexibility index (Phi) is 4.67. The van der Waals surface area contributed by atoms with E-state index in [4.69, 9.17) is 19.9 Å². The first-order chi connectivity index (χ1) is 8.41. The van der Waals surface area contributed by atoms with Gasteiger partial charge in [-0.15, -0.1) is 0 Å². The van der Waals surface area contributed by atoms with Gasteiger partial charge in [-0.3, -0.25) is 0 Å². The largest absolute Gasteiger partial charge is 0.496 e. The van der Waals surface area contributed by atoms with Crippen LogP contribution < -0.4 is 25.3 Å². The maximum absolute atomic E-state index is 5.95. The van der Waals surface area contributed by atoms with Crippen molar-refractivity contribution in [3.05, 3.63) is 12.1 Å². The monoisotopic (exact) mass is 254 g/mol. The summed E-state index contributed by atoms with van der Waals surface area (Å²) < 4.78 is 15.9. The molecule has 3 N–H and O–H groups in total. The van der Waals surface area contributed by atoms with Crippen LogP contribution >= 0.6 is 0 Å². The lowest BCUT2D eigenvalue weighted by Crippen LogP contribution is -2.39. The second-order valence-corrected chi connectivity index (χ2v) is 4.75. The Morgan fingerprint density at radius 2 is 1.56 bits per heavy atom. The van der Waals surface area contributed by atoms with Gasteiger partial charge in [0, 0.05) is 24.2 Å². The zero-order valence-electron chi connectivity index (χ0n) is 11.7. The molecule has 1 aromatic rings. The van der Waals surface area contributed by atoms with E-state index < -0.39 is 0 Å². The predicted octanol–water partition coefficient (Wildman–Crippen LogP) is 1.86. The SMILES string of the molecule is COc1cc(OC)c(NCC(C)(C)N)c(OC)c1. The van der Waals surface area contributed by atoms with Crippen molar-refractivity contribution in [3.8, 4) is 17.2 Å². The van der Waals surface area contributed by atoms with E-state index in [1.807, 2.05) is 13.8 Å². The molecule has 0 aromatic heterocycles. The van der Waals surface area contributed by atoms with E-state index in [-0.39, 0.29) is 5.54 Å². The minimum atomic E-state index is -0.323. The molecule has 0 saturated carbocycles. The average molecular weight is 254 g/mol. The van der Waals surface area contributed by atoms with Gasteiger partial charge in [0.25, 0.3) is 0 Å². The fourth-order valence-corrected chi connectivity index (χ4v) is 1.50.